The maximum Gasteiger partial charge on any atom is 0.358 e. The Labute approximate surface area is 598 Å². The number of hydrogen-bond donors (Lipinski definition) is 11. The van der Waals surface area contributed by atoms with Gasteiger partial charge < -0.3 is 90.7 Å². The summed E-state index contributed by atoms with van der Waals surface area (Å²) < 4.78 is 38.4. The number of amides is 6. The second-order valence-corrected chi connectivity index (χ2v) is 28.9. The average Bonchev–Trinajstić information content (AvgIpc) is 1.58. The Morgan fingerprint density at radius 2 is 1.56 bits per heavy atom. The molecule has 1 fully saturated rings. The smallest absolute Gasteiger partial charge is 0.358 e. The molecule has 534 valence electrons. The molecule has 0 saturated carbocycles. The Kier molecular flexibility index (Phi) is 20.3. The number of imidazole rings is 1. The second-order valence-electron chi connectivity index (χ2n) is 24.6. The van der Waals surface area contributed by atoms with Gasteiger partial charge in [-0.1, -0.05) is 12.1 Å². The van der Waals surface area contributed by atoms with E-state index >= 15 is 19.2 Å². The first-order valence-corrected chi connectivity index (χ1v) is 36.0. The van der Waals surface area contributed by atoms with Crippen LogP contribution < -0.4 is 31.9 Å². The second kappa shape index (κ2) is 29.3. The molecule has 0 radical (unpaired) electrons. The lowest BCUT2D eigenvalue weighted by molar-refractivity contribution is -0.280. The number of nitrogens with zero attached hydrogens (tertiary/aromatic N) is 9. The normalized spacial score (nSPS) is 23.6. The van der Waals surface area contributed by atoms with E-state index < -0.39 is 128 Å². The number of benzene rings is 1. The lowest BCUT2D eigenvalue weighted by Gasteiger charge is -2.48. The molecule has 1 aromatic carbocycles. The molecule has 12 bridgehead atoms. The molecule has 4 aliphatic heterocycles. The Balaban J connectivity index is 0.949. The predicted octanol–water partition coefficient (Wildman–Crippen LogP) is 4.93. The largest absolute Gasteiger partial charge is 0.506 e. The number of nitrogens with one attached hydrogen (secondary N) is 7. The number of aromatic amines is 1. The van der Waals surface area contributed by atoms with Crippen LogP contribution >= 0.6 is 56.7 Å². The van der Waals surface area contributed by atoms with Gasteiger partial charge in [0.15, 0.2) is 18.1 Å². The number of ether oxygens (including phenoxy) is 6. The number of allylic oxidation sites excluding steroid dienone is 1. The van der Waals surface area contributed by atoms with Crippen molar-refractivity contribution >= 4 is 115 Å². The average molecular weight is 1490 g/mol. The summed E-state index contributed by atoms with van der Waals surface area (Å²) in [6, 6.07) is 0.401. The number of aromatic nitrogens is 9. The van der Waals surface area contributed by atoms with Gasteiger partial charge in [-0.15, -0.1) is 56.7 Å². The lowest BCUT2D eigenvalue weighted by atomic mass is 9.85. The predicted molar refractivity (Wildman–Crippen MR) is 367 cm³/mol. The first-order chi connectivity index (χ1) is 48.9. The van der Waals surface area contributed by atoms with Crippen LogP contribution in [0.2, 0.25) is 0 Å². The van der Waals surface area contributed by atoms with E-state index in [1.807, 2.05) is 0 Å². The Bertz CT molecular complexity index is 4750. The molecular formula is C64H66N16O17S5. The maximum atomic E-state index is 15.2. The Morgan fingerprint density at radius 1 is 0.853 bits per heavy atom. The van der Waals surface area contributed by atoms with Crippen molar-refractivity contribution in [2.45, 2.75) is 121 Å². The van der Waals surface area contributed by atoms with Crippen molar-refractivity contribution in [3.05, 3.63) is 130 Å². The number of rotatable bonds is 11. The number of carbonyl (C=O) groups is 7. The molecule has 0 spiro atoms. The summed E-state index contributed by atoms with van der Waals surface area (Å²) in [6.07, 6.45) is -3.77. The van der Waals surface area contributed by atoms with Crippen LogP contribution in [-0.4, -0.2) is 194 Å². The Morgan fingerprint density at radius 3 is 2.30 bits per heavy atom. The van der Waals surface area contributed by atoms with Crippen LogP contribution in [0.25, 0.3) is 49.3 Å². The number of fused-ring (bicyclic) bond motifs is 15. The number of aromatic hydroxyl groups is 1. The third kappa shape index (κ3) is 14.4. The van der Waals surface area contributed by atoms with Crippen LogP contribution in [0.3, 0.4) is 0 Å². The minimum atomic E-state index is -1.91. The molecule has 0 aliphatic carbocycles. The van der Waals surface area contributed by atoms with Crippen molar-refractivity contribution in [3.8, 4) is 38.4 Å². The van der Waals surface area contributed by atoms with E-state index in [4.69, 9.17) is 43.4 Å². The number of pyridine rings is 1. The first kappa shape index (κ1) is 70.7. The zero-order chi connectivity index (χ0) is 72.0. The van der Waals surface area contributed by atoms with Crippen molar-refractivity contribution in [2.24, 2.45) is 0 Å². The molecule has 33 nitrogen and oxygen atoms in total. The number of thiazole rings is 5. The summed E-state index contributed by atoms with van der Waals surface area (Å²) in [4.78, 5) is 139. The number of esters is 2. The topological polar surface area (TPSA) is 442 Å². The standard InChI is InChI=1S/C64H66N16O17S5/c1-26(81)43-55(86)77-44(27(2)92-7)58-73-38(24-101-58)54(85)78-47-49-50(97-41-14-64(4,90)51(79(5)6)28(3)96-41)62(88)94-17-29-9-8-10-39-42(29)33(18-93-49)48(80(39)91)61(87)95-19-34(70-52(83)36-23-102-60(47)74-36)57-71-35(21-100-57)45-32(56-72-37(22-99-56)53(84)76-43)13-40(82)46(75-45)59-69-31(20-98-59)16-67-63(89)66-12-11-30-15-65-25-68-30/h8-10,13,15,20-26,28,34,41,43,47,49-51,81-82,90-91H,11-12,14,16-19H2,1-7H3,(H,65,68)(H,70,83)(H,76,84)(H,77,86)(H,78,85)(H2,66,67,89)/b44-27+. The maximum absolute atomic E-state index is 15.2. The summed E-state index contributed by atoms with van der Waals surface area (Å²) in [7, 11) is 4.87. The third-order valence-electron chi connectivity index (χ3n) is 17.2. The molecule has 10 atom stereocenters. The summed E-state index contributed by atoms with van der Waals surface area (Å²) in [5, 5.41) is 71.9. The molecular weight excluding hydrogens is 1430 g/mol. The van der Waals surface area contributed by atoms with E-state index in [1.54, 1.807) is 68.3 Å². The number of aliphatic hydroxyl groups excluding tert-OH is 1. The van der Waals surface area contributed by atoms with Crippen LogP contribution in [0, 0.1) is 0 Å². The van der Waals surface area contributed by atoms with Gasteiger partial charge in [0.05, 0.1) is 61.7 Å². The first-order valence-electron chi connectivity index (χ1n) is 31.6. The van der Waals surface area contributed by atoms with E-state index in [9.17, 15) is 34.9 Å². The summed E-state index contributed by atoms with van der Waals surface area (Å²) in [5.41, 5.74) is -0.827. The Hall–Kier alpha value is -9.74. The zero-order valence-corrected chi connectivity index (χ0v) is 59.2. The molecule has 6 amide bonds. The highest BCUT2D eigenvalue weighted by molar-refractivity contribution is 7.14. The molecule has 13 rings (SSSR count). The minimum absolute atomic E-state index is 0.00319. The van der Waals surface area contributed by atoms with Gasteiger partial charge in [-0.05, 0) is 59.5 Å². The molecule has 102 heavy (non-hydrogen) atoms. The highest BCUT2D eigenvalue weighted by Crippen LogP contribution is 2.43. The number of cyclic esters (lactones) is 2. The van der Waals surface area contributed by atoms with E-state index in [2.05, 4.69) is 56.8 Å². The highest BCUT2D eigenvalue weighted by atomic mass is 32.1. The van der Waals surface area contributed by atoms with Gasteiger partial charge in [0.1, 0.15) is 114 Å². The fourth-order valence-corrected chi connectivity index (χ4v) is 16.6. The molecule has 12 heterocycles. The number of likely N-dealkylation sites (N-methyl/N-ethyl adjacent to an activating group) is 1. The lowest BCUT2D eigenvalue weighted by Crippen LogP contribution is -2.62. The quantitative estimate of drug-likeness (QED) is 0.0464. The number of H-pyrrole nitrogens is 1. The van der Waals surface area contributed by atoms with Crippen LogP contribution in [0.15, 0.2) is 69.4 Å². The zero-order valence-electron chi connectivity index (χ0n) is 55.2. The van der Waals surface area contributed by atoms with Gasteiger partial charge in [0.25, 0.3) is 17.7 Å². The molecule has 1 saturated heterocycles. The summed E-state index contributed by atoms with van der Waals surface area (Å²) in [6.45, 7) is 4.66. The van der Waals surface area contributed by atoms with Gasteiger partial charge in [0, 0.05) is 74.7 Å². The fraction of sp³-hybridized carbons (Fsp3) is 0.375. The van der Waals surface area contributed by atoms with Crippen LogP contribution in [0.1, 0.15) is 126 Å². The van der Waals surface area contributed by atoms with Crippen molar-refractivity contribution in [1.29, 1.82) is 0 Å². The molecule has 8 aromatic heterocycles. The minimum Gasteiger partial charge on any atom is -0.506 e. The van der Waals surface area contributed by atoms with Gasteiger partial charge >= 0.3 is 18.0 Å². The molecule has 9 aromatic rings. The molecule has 10 unspecified atom stereocenters. The van der Waals surface area contributed by atoms with E-state index in [1.165, 1.54) is 49.2 Å². The van der Waals surface area contributed by atoms with E-state index in [-0.39, 0.29) is 111 Å². The van der Waals surface area contributed by atoms with Gasteiger partial charge in [-0.3, -0.25) is 19.2 Å². The van der Waals surface area contributed by atoms with Gasteiger partial charge in [0.2, 0.25) is 5.91 Å². The van der Waals surface area contributed by atoms with Crippen molar-refractivity contribution in [1.82, 2.24) is 81.4 Å². The number of carbonyl (C=O) groups excluding carboxylic acids is 7. The van der Waals surface area contributed by atoms with E-state index in [0.29, 0.717) is 29.0 Å². The highest BCUT2D eigenvalue weighted by Gasteiger charge is 2.50. The number of aliphatic hydroxyl groups is 2. The summed E-state index contributed by atoms with van der Waals surface area (Å²) >= 11 is 4.82. The number of urea groups is 1. The van der Waals surface area contributed by atoms with Crippen molar-refractivity contribution < 1.29 is 82.5 Å². The molecule has 11 N–H and O–H groups in total. The van der Waals surface area contributed by atoms with Crippen LogP contribution in [-0.2, 0) is 64.2 Å². The van der Waals surface area contributed by atoms with Crippen LogP contribution in [0.4, 0.5) is 4.79 Å². The SMILES string of the molecule is CO/C(C)=C1/NC(=O)C(C(C)O)NC(=O)c2csc(n2)-c2cc(O)c(-c3nc(CNC(=O)NCCc4cnc[nH]4)cs3)nc2-c2csc(n2)C2COC(=O)c3c4c5c(cccc5n3O)COC(=O)C(OC3CC(C)(O)C(N(C)C)C(C)O3)C(OC4)C(NC(=O)c3csc1n3)c1nc(cs1)C(=O)N2. The van der Waals surface area contributed by atoms with Gasteiger partial charge in [-0.2, -0.15) is 4.73 Å². The fourth-order valence-electron chi connectivity index (χ4n) is 12.4. The van der Waals surface area contributed by atoms with Gasteiger partial charge in [-0.25, -0.2) is 49.3 Å². The molecule has 38 heteroatoms. The summed E-state index contributed by atoms with van der Waals surface area (Å²) in [5.74, 6) is -6.14. The third-order valence-corrected chi connectivity index (χ3v) is 21.8. The number of hydrogen-bond acceptors (Lipinski definition) is 30. The number of methoxy groups -OCH3 is 1. The monoisotopic (exact) mass is 1490 g/mol. The van der Waals surface area contributed by atoms with Crippen molar-refractivity contribution in [3.63, 3.8) is 0 Å². The van der Waals surface area contributed by atoms with E-state index in [0.717, 1.165) is 62.4 Å². The molecule has 4 aliphatic rings. The van der Waals surface area contributed by atoms with Crippen molar-refractivity contribution in [2.75, 3.05) is 34.4 Å². The van der Waals surface area contributed by atoms with Crippen LogP contribution in [0.5, 0.6) is 5.75 Å².